The predicted octanol–water partition coefficient (Wildman–Crippen LogP) is 4.61. The first kappa shape index (κ1) is 12.1. The highest BCUT2D eigenvalue weighted by molar-refractivity contribution is 9.10. The summed E-state index contributed by atoms with van der Waals surface area (Å²) in [5, 5.41) is 0. The maximum absolute atomic E-state index is 13.5. The Hall–Kier alpha value is -0.0200. The molecule has 14 heavy (non-hydrogen) atoms. The zero-order valence-electron chi connectivity index (χ0n) is 8.82. The van der Waals surface area contributed by atoms with Crippen LogP contribution in [0.25, 0.3) is 0 Å². The Labute approximate surface area is 97.4 Å². The van der Waals surface area contributed by atoms with E-state index in [4.69, 9.17) is 0 Å². The molecule has 3 heteroatoms. The van der Waals surface area contributed by atoms with Crippen LogP contribution >= 0.6 is 27.7 Å². The quantitative estimate of drug-likeness (QED) is 0.676. The molecular formula is C11H14BrFS. The van der Waals surface area contributed by atoms with Crippen molar-refractivity contribution in [1.29, 1.82) is 0 Å². The van der Waals surface area contributed by atoms with Crippen molar-refractivity contribution >= 4 is 27.7 Å². The molecule has 1 rings (SSSR count). The van der Waals surface area contributed by atoms with Gasteiger partial charge in [0.15, 0.2) is 5.82 Å². The molecule has 1 aromatic rings. The van der Waals surface area contributed by atoms with Gasteiger partial charge in [0, 0.05) is 4.90 Å². The largest absolute Gasteiger partial charge is 0.205 e. The second-order valence-corrected chi connectivity index (χ2v) is 5.93. The van der Waals surface area contributed by atoms with E-state index in [1.165, 1.54) is 11.8 Å². The van der Waals surface area contributed by atoms with Gasteiger partial charge in [-0.3, -0.25) is 0 Å². The van der Waals surface area contributed by atoms with Gasteiger partial charge < -0.3 is 0 Å². The second kappa shape index (κ2) is 4.23. The van der Waals surface area contributed by atoms with Crippen molar-refractivity contribution in [1.82, 2.24) is 0 Å². The van der Waals surface area contributed by atoms with E-state index in [0.29, 0.717) is 9.37 Å². The lowest BCUT2D eigenvalue weighted by atomic mass is 9.87. The minimum atomic E-state index is -0.162. The Morgan fingerprint density at radius 2 is 1.86 bits per heavy atom. The molecule has 0 amide bonds. The average Bonchev–Trinajstić information content (AvgIpc) is 2.07. The molecule has 0 aromatic heterocycles. The summed E-state index contributed by atoms with van der Waals surface area (Å²) in [7, 11) is 0. The van der Waals surface area contributed by atoms with Crippen LogP contribution in [0.4, 0.5) is 4.39 Å². The van der Waals surface area contributed by atoms with Crippen molar-refractivity contribution in [3.05, 3.63) is 28.0 Å². The van der Waals surface area contributed by atoms with Gasteiger partial charge in [0.2, 0.25) is 0 Å². The Bertz CT molecular complexity index is 342. The van der Waals surface area contributed by atoms with E-state index < -0.39 is 0 Å². The van der Waals surface area contributed by atoms with Crippen molar-refractivity contribution in [2.45, 2.75) is 31.1 Å². The van der Waals surface area contributed by atoms with Gasteiger partial charge in [-0.2, -0.15) is 0 Å². The van der Waals surface area contributed by atoms with Gasteiger partial charge in [0.05, 0.1) is 4.47 Å². The van der Waals surface area contributed by atoms with Crippen molar-refractivity contribution in [2.75, 3.05) is 6.26 Å². The van der Waals surface area contributed by atoms with Gasteiger partial charge in [-0.1, -0.05) is 20.8 Å². The maximum atomic E-state index is 13.5. The van der Waals surface area contributed by atoms with E-state index in [1.54, 1.807) is 0 Å². The van der Waals surface area contributed by atoms with Crippen LogP contribution in [0.5, 0.6) is 0 Å². The summed E-state index contributed by atoms with van der Waals surface area (Å²) >= 11 is 4.68. The highest BCUT2D eigenvalue weighted by Crippen LogP contribution is 2.32. The highest BCUT2D eigenvalue weighted by Gasteiger charge is 2.17. The standard InChI is InChI=1S/C11H14BrFS/c1-11(2,3)7-5-8(12)10(13)9(6-7)14-4/h5-6H,1-4H3. The molecule has 0 unspecified atom stereocenters. The number of rotatable bonds is 1. The molecule has 0 aliphatic carbocycles. The van der Waals surface area contributed by atoms with E-state index in [2.05, 4.69) is 36.7 Å². The lowest BCUT2D eigenvalue weighted by Crippen LogP contribution is -2.11. The summed E-state index contributed by atoms with van der Waals surface area (Å²) < 4.78 is 14.1. The van der Waals surface area contributed by atoms with Crippen LogP contribution in [-0.2, 0) is 5.41 Å². The third-order valence-corrected chi connectivity index (χ3v) is 3.39. The van der Waals surface area contributed by atoms with Gasteiger partial charge in [-0.05, 0) is 45.3 Å². The molecule has 1 aromatic carbocycles. The first-order valence-corrected chi connectivity index (χ1v) is 6.41. The van der Waals surface area contributed by atoms with Gasteiger partial charge >= 0.3 is 0 Å². The molecule has 0 aliphatic heterocycles. The molecular weight excluding hydrogens is 263 g/mol. The van der Waals surface area contributed by atoms with Crippen LogP contribution in [0, 0.1) is 5.82 Å². The molecule has 0 saturated carbocycles. The van der Waals surface area contributed by atoms with Crippen molar-refractivity contribution in [2.24, 2.45) is 0 Å². The molecule has 0 radical (unpaired) electrons. The zero-order chi connectivity index (χ0) is 10.9. The number of thioether (sulfide) groups is 1. The zero-order valence-corrected chi connectivity index (χ0v) is 11.2. The Morgan fingerprint density at radius 1 is 1.29 bits per heavy atom. The van der Waals surface area contributed by atoms with Gasteiger partial charge in [0.1, 0.15) is 0 Å². The van der Waals surface area contributed by atoms with Crippen LogP contribution in [0.2, 0.25) is 0 Å². The van der Waals surface area contributed by atoms with Gasteiger partial charge in [-0.25, -0.2) is 4.39 Å². The summed E-state index contributed by atoms with van der Waals surface area (Å²) in [6.45, 7) is 6.37. The predicted molar refractivity (Wildman–Crippen MR) is 64.6 cm³/mol. The fourth-order valence-electron chi connectivity index (χ4n) is 1.15. The SMILES string of the molecule is CSc1cc(C(C)(C)C)cc(Br)c1F. The Morgan fingerprint density at radius 3 is 2.29 bits per heavy atom. The van der Waals surface area contributed by atoms with Gasteiger partial charge in [0.25, 0.3) is 0 Å². The number of hydrogen-bond donors (Lipinski definition) is 0. The molecule has 0 fully saturated rings. The molecule has 0 heterocycles. The lowest BCUT2D eigenvalue weighted by molar-refractivity contribution is 0.567. The summed E-state index contributed by atoms with van der Waals surface area (Å²) in [5.41, 5.74) is 1.20. The molecule has 0 saturated heterocycles. The number of hydrogen-bond acceptors (Lipinski definition) is 1. The molecule has 78 valence electrons. The number of halogens is 2. The first-order valence-electron chi connectivity index (χ1n) is 4.40. The van der Waals surface area contributed by atoms with E-state index in [9.17, 15) is 4.39 Å². The van der Waals surface area contributed by atoms with Crippen molar-refractivity contribution in [3.8, 4) is 0 Å². The topological polar surface area (TPSA) is 0 Å². The fraction of sp³-hybridized carbons (Fsp3) is 0.455. The average molecular weight is 277 g/mol. The van der Waals surface area contributed by atoms with Crippen LogP contribution in [0.3, 0.4) is 0 Å². The lowest BCUT2D eigenvalue weighted by Gasteiger charge is -2.20. The van der Waals surface area contributed by atoms with E-state index >= 15 is 0 Å². The molecule has 0 atom stereocenters. The minimum Gasteiger partial charge on any atom is -0.205 e. The maximum Gasteiger partial charge on any atom is 0.150 e. The van der Waals surface area contributed by atoms with Crippen molar-refractivity contribution in [3.63, 3.8) is 0 Å². The first-order chi connectivity index (χ1) is 6.36. The van der Waals surface area contributed by atoms with Crippen molar-refractivity contribution < 1.29 is 4.39 Å². The fourth-order valence-corrected chi connectivity index (χ4v) is 2.27. The molecule has 0 aliphatic rings. The monoisotopic (exact) mass is 276 g/mol. The summed E-state index contributed by atoms with van der Waals surface area (Å²) in [6.07, 6.45) is 1.89. The molecule has 0 spiro atoms. The van der Waals surface area contributed by atoms with E-state index in [-0.39, 0.29) is 11.2 Å². The Kier molecular flexibility index (Phi) is 3.64. The third-order valence-electron chi connectivity index (χ3n) is 2.08. The van der Waals surface area contributed by atoms with E-state index in [0.717, 1.165) is 5.56 Å². The number of benzene rings is 1. The highest BCUT2D eigenvalue weighted by atomic mass is 79.9. The summed E-state index contributed by atoms with van der Waals surface area (Å²) in [5.74, 6) is -0.162. The van der Waals surface area contributed by atoms with Crippen LogP contribution < -0.4 is 0 Å². The minimum absolute atomic E-state index is 0.0563. The molecule has 0 bridgehead atoms. The van der Waals surface area contributed by atoms with Crippen LogP contribution in [0.15, 0.2) is 21.5 Å². The van der Waals surface area contributed by atoms with Crippen LogP contribution in [0.1, 0.15) is 26.3 Å². The third kappa shape index (κ3) is 2.51. The summed E-state index contributed by atoms with van der Waals surface area (Å²) in [4.78, 5) is 0.698. The molecule has 0 nitrogen and oxygen atoms in total. The Balaban J connectivity index is 3.30. The normalized spacial score (nSPS) is 11.9. The van der Waals surface area contributed by atoms with Crippen LogP contribution in [-0.4, -0.2) is 6.26 Å². The summed E-state index contributed by atoms with van der Waals surface area (Å²) in [6, 6.07) is 3.78. The van der Waals surface area contributed by atoms with E-state index in [1.807, 2.05) is 18.4 Å². The van der Waals surface area contributed by atoms with Gasteiger partial charge in [-0.15, -0.1) is 11.8 Å². The second-order valence-electron chi connectivity index (χ2n) is 4.22. The molecule has 0 N–H and O–H groups in total. The smallest absolute Gasteiger partial charge is 0.150 e.